The molecule has 166 valence electrons. The first kappa shape index (κ1) is 25.9. The van der Waals surface area contributed by atoms with Crippen LogP contribution in [0.1, 0.15) is 46.1 Å². The number of halogens is 1. The quantitative estimate of drug-likeness (QED) is 0.225. The molecule has 2 heterocycles. The van der Waals surface area contributed by atoms with Crippen LogP contribution in [0, 0.1) is 5.82 Å². The van der Waals surface area contributed by atoms with Crippen LogP contribution < -0.4 is 34.5 Å². The maximum Gasteiger partial charge on any atom is 1.00 e. The number of ketones is 1. The van der Waals surface area contributed by atoms with Crippen LogP contribution in [-0.4, -0.2) is 20.2 Å². The standard InChI is InChI=1S/C22H20FN2O5PS.Na/c1-2-20(26)18-13-32-22(24-18)21(27)17-11-25(19-9-8-15(23)10-16(17)19)31(28,29)30-12-14-6-4-3-5-7-14;/h3-11,13,20,26H,2,12H2,1H3,(H,28,29);/q;+1/p-1/t20-;/m1./s1. The van der Waals surface area contributed by atoms with Gasteiger partial charge in [0.15, 0.2) is 5.01 Å². The minimum Gasteiger partial charge on any atom is -0.761 e. The molecule has 11 heteroatoms. The number of aliphatic hydroxyl groups excluding tert-OH is 1. The maximum atomic E-state index is 14.0. The molecular formula is C22H19FN2NaO5PS. The van der Waals surface area contributed by atoms with Gasteiger partial charge < -0.3 is 14.5 Å². The third kappa shape index (κ3) is 5.53. The Kier molecular flexibility index (Phi) is 8.42. The summed E-state index contributed by atoms with van der Waals surface area (Å²) in [5.41, 5.74) is 1.11. The summed E-state index contributed by atoms with van der Waals surface area (Å²) in [6, 6.07) is 12.3. The number of carbonyl (C=O) groups is 1. The fourth-order valence-electron chi connectivity index (χ4n) is 3.23. The van der Waals surface area contributed by atoms with E-state index in [2.05, 4.69) is 4.98 Å². The second kappa shape index (κ2) is 10.7. The van der Waals surface area contributed by atoms with Crippen LogP contribution in [0.3, 0.4) is 0 Å². The molecule has 1 N–H and O–H groups in total. The number of hydrogen-bond acceptors (Lipinski definition) is 7. The minimum absolute atomic E-state index is 0. The Bertz CT molecular complexity index is 1330. The summed E-state index contributed by atoms with van der Waals surface area (Å²) in [6.45, 7) is 1.60. The van der Waals surface area contributed by atoms with Crippen molar-refractivity contribution < 1.29 is 57.8 Å². The molecule has 1 unspecified atom stereocenters. The van der Waals surface area contributed by atoms with Gasteiger partial charge in [0.05, 0.1) is 29.5 Å². The summed E-state index contributed by atoms with van der Waals surface area (Å²) in [7, 11) is -4.66. The predicted molar refractivity (Wildman–Crippen MR) is 117 cm³/mol. The maximum absolute atomic E-state index is 14.0. The van der Waals surface area contributed by atoms with Gasteiger partial charge in [0.1, 0.15) is 5.82 Å². The van der Waals surface area contributed by atoms with E-state index in [1.807, 2.05) is 0 Å². The van der Waals surface area contributed by atoms with Gasteiger partial charge in [-0.15, -0.1) is 11.3 Å². The van der Waals surface area contributed by atoms with Gasteiger partial charge in [-0.2, -0.15) is 0 Å². The molecule has 0 radical (unpaired) electrons. The number of carbonyl (C=O) groups excluding carboxylic acids is 1. The van der Waals surface area contributed by atoms with Crippen molar-refractivity contribution in [3.05, 3.63) is 87.8 Å². The van der Waals surface area contributed by atoms with Crippen LogP contribution in [0.25, 0.3) is 10.9 Å². The molecule has 0 fully saturated rings. The first-order valence-electron chi connectivity index (χ1n) is 9.79. The topological polar surface area (TPSA) is 104 Å². The number of nitrogens with zero attached hydrogens (tertiary/aromatic N) is 2. The molecule has 33 heavy (non-hydrogen) atoms. The van der Waals surface area contributed by atoms with Crippen LogP contribution in [-0.2, 0) is 15.7 Å². The summed E-state index contributed by atoms with van der Waals surface area (Å²) in [6.07, 6.45) is 0.752. The Hall–Kier alpha value is -1.68. The Balaban J connectivity index is 0.00000306. The van der Waals surface area contributed by atoms with E-state index in [0.29, 0.717) is 17.7 Å². The molecule has 7 nitrogen and oxygen atoms in total. The summed E-state index contributed by atoms with van der Waals surface area (Å²) in [5, 5.41) is 11.7. The number of hydrogen-bond donors (Lipinski definition) is 1. The Morgan fingerprint density at radius 1 is 1.30 bits per heavy atom. The number of benzene rings is 2. The Morgan fingerprint density at radius 2 is 2.03 bits per heavy atom. The van der Waals surface area contributed by atoms with Crippen molar-refractivity contribution in [2.24, 2.45) is 0 Å². The van der Waals surface area contributed by atoms with Crippen LogP contribution >= 0.6 is 19.1 Å². The Labute approximate surface area is 215 Å². The zero-order valence-electron chi connectivity index (χ0n) is 18.0. The summed E-state index contributed by atoms with van der Waals surface area (Å²) in [4.78, 5) is 30.2. The number of aromatic nitrogens is 2. The van der Waals surface area contributed by atoms with Gasteiger partial charge in [0.2, 0.25) is 13.5 Å². The predicted octanol–water partition coefficient (Wildman–Crippen LogP) is 1.45. The molecule has 2 aromatic carbocycles. The van der Waals surface area contributed by atoms with Crippen molar-refractivity contribution >= 4 is 35.8 Å². The van der Waals surface area contributed by atoms with Gasteiger partial charge in [-0.1, -0.05) is 37.3 Å². The molecule has 0 saturated carbocycles. The molecule has 0 amide bonds. The number of fused-ring (bicyclic) bond motifs is 1. The van der Waals surface area contributed by atoms with E-state index in [9.17, 15) is 23.7 Å². The normalized spacial score (nSPS) is 13.9. The van der Waals surface area contributed by atoms with Crippen LogP contribution in [0.15, 0.2) is 60.1 Å². The SMILES string of the molecule is CC[C@@H](O)c1csc(C(=O)c2cn(P(=O)([O-])OCc3ccccc3)c3ccc(F)cc23)n1.[Na+]. The number of aliphatic hydroxyl groups is 1. The van der Waals surface area contributed by atoms with E-state index in [0.717, 1.165) is 34.0 Å². The largest absolute Gasteiger partial charge is 1.00 e. The average molecular weight is 496 g/mol. The zero-order chi connectivity index (χ0) is 22.9. The van der Waals surface area contributed by atoms with Crippen molar-refractivity contribution in [2.75, 3.05) is 0 Å². The second-order valence-electron chi connectivity index (χ2n) is 7.11. The molecule has 0 aliphatic rings. The smallest absolute Gasteiger partial charge is 0.761 e. The van der Waals surface area contributed by atoms with E-state index in [4.69, 9.17) is 4.52 Å². The van der Waals surface area contributed by atoms with E-state index >= 15 is 0 Å². The third-order valence-corrected chi connectivity index (χ3v) is 7.11. The van der Waals surface area contributed by atoms with Gasteiger partial charge in [0, 0.05) is 17.0 Å². The minimum atomic E-state index is -4.66. The molecule has 0 bridgehead atoms. The van der Waals surface area contributed by atoms with Gasteiger partial charge in [0.25, 0.3) is 0 Å². The third-order valence-electron chi connectivity index (χ3n) is 4.94. The van der Waals surface area contributed by atoms with E-state index in [1.165, 1.54) is 6.07 Å². The van der Waals surface area contributed by atoms with E-state index in [-0.39, 0.29) is 57.6 Å². The van der Waals surface area contributed by atoms with Crippen molar-refractivity contribution in [1.82, 2.24) is 9.32 Å². The van der Waals surface area contributed by atoms with Gasteiger partial charge in [-0.25, -0.2) is 9.37 Å². The fourth-order valence-corrected chi connectivity index (χ4v) is 5.18. The molecule has 4 rings (SSSR count). The zero-order valence-corrected chi connectivity index (χ0v) is 21.7. The molecule has 0 aliphatic heterocycles. The molecular weight excluding hydrogens is 477 g/mol. The van der Waals surface area contributed by atoms with Crippen LogP contribution in [0.5, 0.6) is 0 Å². The van der Waals surface area contributed by atoms with Crippen molar-refractivity contribution in [1.29, 1.82) is 0 Å². The molecule has 0 spiro atoms. The molecule has 2 atom stereocenters. The van der Waals surface area contributed by atoms with E-state index < -0.39 is 25.5 Å². The second-order valence-corrected chi connectivity index (χ2v) is 9.59. The van der Waals surface area contributed by atoms with Crippen LogP contribution in [0.4, 0.5) is 4.39 Å². The fraction of sp³-hybridized carbons (Fsp3) is 0.182. The van der Waals surface area contributed by atoms with Crippen molar-refractivity contribution in [3.8, 4) is 0 Å². The number of rotatable bonds is 8. The first-order valence-corrected chi connectivity index (χ1v) is 12.2. The summed E-state index contributed by atoms with van der Waals surface area (Å²) < 4.78 is 33.0. The molecule has 0 saturated heterocycles. The number of thiazole rings is 1. The summed E-state index contributed by atoms with van der Waals surface area (Å²) in [5.74, 6) is -1.18. The molecule has 0 aliphatic carbocycles. The van der Waals surface area contributed by atoms with E-state index in [1.54, 1.807) is 42.6 Å². The summed E-state index contributed by atoms with van der Waals surface area (Å²) >= 11 is 1.03. The van der Waals surface area contributed by atoms with Crippen LogP contribution in [0.2, 0.25) is 0 Å². The van der Waals surface area contributed by atoms with Crippen molar-refractivity contribution in [3.63, 3.8) is 0 Å². The Morgan fingerprint density at radius 3 is 2.73 bits per heavy atom. The monoisotopic (exact) mass is 496 g/mol. The van der Waals surface area contributed by atoms with Gasteiger partial charge >= 0.3 is 29.6 Å². The molecule has 4 aromatic rings. The van der Waals surface area contributed by atoms with Crippen molar-refractivity contribution in [2.45, 2.75) is 26.1 Å². The molecule has 2 aromatic heterocycles. The first-order chi connectivity index (χ1) is 15.3. The van der Waals surface area contributed by atoms with Gasteiger partial charge in [-0.05, 0) is 30.2 Å². The average Bonchev–Trinajstić information content (AvgIpc) is 3.43. The van der Waals surface area contributed by atoms with Gasteiger partial charge in [-0.3, -0.25) is 13.7 Å².